The molecule has 1 aliphatic rings. The van der Waals surface area contributed by atoms with Crippen molar-refractivity contribution in [3.8, 4) is 0 Å². The van der Waals surface area contributed by atoms with Crippen LogP contribution in [0.3, 0.4) is 0 Å². The number of phosphoric ester groups is 2. The van der Waals surface area contributed by atoms with E-state index in [1.54, 1.807) is 0 Å². The maximum atomic E-state index is 12.1. The zero-order valence-corrected chi connectivity index (χ0v) is 17.1. The molecule has 0 spiro atoms. The van der Waals surface area contributed by atoms with Crippen LogP contribution < -0.4 is 0 Å². The SMILES string of the molecule is O=CC(=O)C[C@H](COP(=O)(O)OC1C(O)[C@@H](O)C(O)C(OP(=O)(O)O)[C@H]1O)C(=O)C=O. The van der Waals surface area contributed by atoms with E-state index in [9.17, 15) is 53.6 Å². The Bertz CT molecular complexity index is 777. The Hall–Kier alpha value is -1.26. The van der Waals surface area contributed by atoms with E-state index in [1.807, 2.05) is 0 Å². The molecule has 0 amide bonds. The number of hydrogen-bond acceptors (Lipinski definition) is 13. The summed E-state index contributed by atoms with van der Waals surface area (Å²) >= 11 is 0. The van der Waals surface area contributed by atoms with Gasteiger partial charge in [-0.05, 0) is 0 Å². The molecule has 0 bridgehead atoms. The fourth-order valence-electron chi connectivity index (χ4n) is 2.59. The number of Topliss-reactive ketones (excluding diaryl/α,β-unsaturated/α-hetero) is 2. The fourth-order valence-corrected chi connectivity index (χ4v) is 4.14. The van der Waals surface area contributed by atoms with Crippen molar-refractivity contribution in [2.24, 2.45) is 5.92 Å². The highest BCUT2D eigenvalue weighted by Gasteiger charge is 2.54. The summed E-state index contributed by atoms with van der Waals surface area (Å²) in [7, 11) is -10.7. The third-order valence-electron chi connectivity index (χ3n) is 4.10. The van der Waals surface area contributed by atoms with Gasteiger partial charge in [0.2, 0.25) is 5.78 Å². The minimum Gasteiger partial charge on any atom is -0.387 e. The van der Waals surface area contributed by atoms with Crippen LogP contribution in [0.25, 0.3) is 0 Å². The van der Waals surface area contributed by atoms with Crippen LogP contribution >= 0.6 is 15.6 Å². The first-order valence-electron chi connectivity index (χ1n) is 8.22. The summed E-state index contributed by atoms with van der Waals surface area (Å²) in [5, 5.41) is 39.5. The van der Waals surface area contributed by atoms with E-state index in [2.05, 4.69) is 13.6 Å². The summed E-state index contributed by atoms with van der Waals surface area (Å²) in [5.74, 6) is -4.05. The molecule has 1 saturated carbocycles. The Labute approximate surface area is 173 Å². The molecule has 31 heavy (non-hydrogen) atoms. The lowest BCUT2D eigenvalue weighted by molar-refractivity contribution is -0.216. The van der Waals surface area contributed by atoms with Gasteiger partial charge < -0.3 is 35.1 Å². The maximum absolute atomic E-state index is 12.1. The maximum Gasteiger partial charge on any atom is 0.472 e. The third-order valence-corrected chi connectivity index (χ3v) is 5.60. The van der Waals surface area contributed by atoms with Crippen LogP contribution in [0.15, 0.2) is 0 Å². The first-order valence-corrected chi connectivity index (χ1v) is 11.2. The Morgan fingerprint density at radius 1 is 0.839 bits per heavy atom. The van der Waals surface area contributed by atoms with Gasteiger partial charge in [0.15, 0.2) is 18.4 Å². The molecule has 7 N–H and O–H groups in total. The van der Waals surface area contributed by atoms with Crippen LogP contribution in [0, 0.1) is 5.92 Å². The van der Waals surface area contributed by atoms with E-state index >= 15 is 0 Å². The molecular weight excluding hydrogens is 474 g/mol. The van der Waals surface area contributed by atoms with Gasteiger partial charge in [-0.2, -0.15) is 0 Å². The lowest BCUT2D eigenvalue weighted by atomic mass is 9.85. The highest BCUT2D eigenvalue weighted by atomic mass is 31.2. The number of aliphatic hydroxyl groups is 4. The van der Waals surface area contributed by atoms with Gasteiger partial charge in [-0.3, -0.25) is 32.7 Å². The summed E-state index contributed by atoms with van der Waals surface area (Å²) in [6.07, 6.45) is -15.0. The van der Waals surface area contributed by atoms with Crippen molar-refractivity contribution in [2.75, 3.05) is 6.61 Å². The third kappa shape index (κ3) is 7.98. The van der Waals surface area contributed by atoms with Crippen LogP contribution in [-0.2, 0) is 41.9 Å². The molecular formula is C13H20O16P2. The average Bonchev–Trinajstić information content (AvgIpc) is 2.68. The van der Waals surface area contributed by atoms with Gasteiger partial charge in [0.25, 0.3) is 0 Å². The second kappa shape index (κ2) is 11.0. The monoisotopic (exact) mass is 494 g/mol. The zero-order chi connectivity index (χ0) is 24.1. The molecule has 5 unspecified atom stereocenters. The predicted octanol–water partition coefficient (Wildman–Crippen LogP) is -4.03. The molecule has 178 valence electrons. The van der Waals surface area contributed by atoms with Crippen LogP contribution in [0.5, 0.6) is 0 Å². The predicted molar refractivity (Wildman–Crippen MR) is 91.8 cm³/mol. The molecule has 0 radical (unpaired) electrons. The highest BCUT2D eigenvalue weighted by Crippen LogP contribution is 2.49. The van der Waals surface area contributed by atoms with Crippen molar-refractivity contribution in [1.29, 1.82) is 0 Å². The van der Waals surface area contributed by atoms with Gasteiger partial charge in [0.1, 0.15) is 36.6 Å². The highest BCUT2D eigenvalue weighted by molar-refractivity contribution is 7.47. The van der Waals surface area contributed by atoms with Crippen LogP contribution in [0.1, 0.15) is 6.42 Å². The van der Waals surface area contributed by atoms with Gasteiger partial charge >= 0.3 is 15.6 Å². The molecule has 0 aromatic heterocycles. The molecule has 0 aromatic carbocycles. The van der Waals surface area contributed by atoms with Gasteiger partial charge in [0, 0.05) is 6.42 Å². The summed E-state index contributed by atoms with van der Waals surface area (Å²) in [5.41, 5.74) is 0. The number of hydrogen-bond donors (Lipinski definition) is 7. The summed E-state index contributed by atoms with van der Waals surface area (Å²) in [6.45, 7) is -1.10. The Kier molecular flexibility index (Phi) is 9.90. The lowest BCUT2D eigenvalue weighted by Gasteiger charge is -2.43. The van der Waals surface area contributed by atoms with Gasteiger partial charge in [0.05, 0.1) is 12.5 Å². The van der Waals surface area contributed by atoms with Crippen molar-refractivity contribution in [1.82, 2.24) is 0 Å². The van der Waals surface area contributed by atoms with Crippen molar-refractivity contribution in [3.63, 3.8) is 0 Å². The average molecular weight is 494 g/mol. The van der Waals surface area contributed by atoms with Crippen LogP contribution in [0.2, 0.25) is 0 Å². The van der Waals surface area contributed by atoms with E-state index in [1.165, 1.54) is 0 Å². The number of aliphatic hydroxyl groups excluding tert-OH is 4. The Morgan fingerprint density at radius 2 is 1.35 bits per heavy atom. The van der Waals surface area contributed by atoms with Gasteiger partial charge in [-0.15, -0.1) is 0 Å². The molecule has 16 nitrogen and oxygen atoms in total. The van der Waals surface area contributed by atoms with Crippen molar-refractivity contribution < 1.29 is 77.0 Å². The summed E-state index contributed by atoms with van der Waals surface area (Å²) < 4.78 is 36.1. The summed E-state index contributed by atoms with van der Waals surface area (Å²) in [6, 6.07) is 0. The first kappa shape index (κ1) is 27.8. The number of ketones is 2. The second-order valence-corrected chi connectivity index (χ2v) is 8.96. The van der Waals surface area contributed by atoms with E-state index in [4.69, 9.17) is 9.79 Å². The number of carbonyl (C=O) groups excluding carboxylic acids is 4. The molecule has 8 atom stereocenters. The minimum absolute atomic E-state index is 0.164. The first-order chi connectivity index (χ1) is 14.1. The number of aldehydes is 2. The second-order valence-electron chi connectivity index (χ2n) is 6.36. The van der Waals surface area contributed by atoms with E-state index in [0.29, 0.717) is 0 Å². The Morgan fingerprint density at radius 3 is 1.81 bits per heavy atom. The summed E-state index contributed by atoms with van der Waals surface area (Å²) in [4.78, 5) is 71.0. The lowest BCUT2D eigenvalue weighted by Crippen LogP contribution is -2.64. The van der Waals surface area contributed by atoms with E-state index < -0.39 is 82.8 Å². The Balaban J connectivity index is 2.97. The van der Waals surface area contributed by atoms with Crippen molar-refractivity contribution >= 4 is 39.8 Å². The van der Waals surface area contributed by atoms with Gasteiger partial charge in [-0.1, -0.05) is 0 Å². The quantitative estimate of drug-likeness (QED) is 0.0772. The minimum atomic E-state index is -5.35. The smallest absolute Gasteiger partial charge is 0.387 e. The van der Waals surface area contributed by atoms with Gasteiger partial charge in [-0.25, -0.2) is 9.13 Å². The molecule has 0 aromatic rings. The van der Waals surface area contributed by atoms with Crippen LogP contribution in [0.4, 0.5) is 0 Å². The molecule has 18 heteroatoms. The topological polar surface area (TPSA) is 272 Å². The van der Waals surface area contributed by atoms with Crippen molar-refractivity contribution in [3.05, 3.63) is 0 Å². The molecule has 1 fully saturated rings. The molecule has 1 rings (SSSR count). The number of carbonyl (C=O) groups is 4. The number of phosphoric acid groups is 2. The molecule has 0 heterocycles. The molecule has 1 aliphatic carbocycles. The normalized spacial score (nSPS) is 32.0. The largest absolute Gasteiger partial charge is 0.472 e. The fraction of sp³-hybridized carbons (Fsp3) is 0.692. The standard InChI is InChI=1S/C13H20O16P2/c14-2-6(16)1-5(7(17)3-15)4-27-31(25,26)29-13-10(20)8(18)9(19)12(11(13)21)28-30(22,23)24/h2-3,5,8-13,18-21H,1,4H2,(H,25,26)(H2,22,23,24)/t5-,8+,9?,10?,11-,12?,13?/m1/s1. The van der Waals surface area contributed by atoms with Crippen LogP contribution in [-0.4, -0.2) is 102 Å². The van der Waals surface area contributed by atoms with E-state index in [0.717, 1.165) is 0 Å². The number of rotatable bonds is 12. The zero-order valence-electron chi connectivity index (χ0n) is 15.3. The molecule has 0 saturated heterocycles. The van der Waals surface area contributed by atoms with Crippen molar-refractivity contribution in [2.45, 2.75) is 43.0 Å². The van der Waals surface area contributed by atoms with E-state index in [-0.39, 0.29) is 12.6 Å². The molecule has 0 aliphatic heterocycles.